The number of aliphatic hydroxyl groups is 4. The fourth-order valence-electron chi connectivity index (χ4n) is 11.0. The molecule has 3 aliphatic heterocycles. The van der Waals surface area contributed by atoms with Crippen LogP contribution in [0.25, 0.3) is 0 Å². The van der Waals surface area contributed by atoms with Crippen molar-refractivity contribution < 1.29 is 66.9 Å². The highest BCUT2D eigenvalue weighted by Gasteiger charge is 2.56. The lowest BCUT2D eigenvalue weighted by atomic mass is 9.67. The van der Waals surface area contributed by atoms with E-state index in [2.05, 4.69) is 10.3 Å². The van der Waals surface area contributed by atoms with Gasteiger partial charge in [0.2, 0.25) is 10.0 Å². The van der Waals surface area contributed by atoms with Gasteiger partial charge in [0.25, 0.3) is 0 Å². The number of sulfonamides is 1. The summed E-state index contributed by atoms with van der Waals surface area (Å²) in [4.78, 5) is 30.9. The van der Waals surface area contributed by atoms with Crippen LogP contribution in [0.4, 0.5) is 0 Å². The molecule has 20 heteroatoms. The summed E-state index contributed by atoms with van der Waals surface area (Å²) in [5, 5.41) is 60.8. The molecule has 6 N–H and O–H groups in total. The van der Waals surface area contributed by atoms with Gasteiger partial charge in [0, 0.05) is 63.6 Å². The monoisotopic (exact) mass is 982 g/mol. The highest BCUT2D eigenvalue weighted by atomic mass is 32.2. The van der Waals surface area contributed by atoms with E-state index in [1.807, 2.05) is 38.9 Å². The van der Waals surface area contributed by atoms with Crippen molar-refractivity contribution in [2.45, 2.75) is 191 Å². The first kappa shape index (κ1) is 55.9. The van der Waals surface area contributed by atoms with E-state index in [9.17, 15) is 38.4 Å². The normalized spacial score (nSPS) is 40.5. The summed E-state index contributed by atoms with van der Waals surface area (Å²) in [6.07, 6.45) is -5.80. The Hall–Kier alpha value is -2.99. The van der Waals surface area contributed by atoms with Crippen LogP contribution in [0, 0.1) is 29.6 Å². The second-order valence-electron chi connectivity index (χ2n) is 20.6. The number of carbonyl (C=O) groups excluding carboxylic acids is 2. The lowest BCUT2D eigenvalue weighted by Gasteiger charge is -2.52. The summed E-state index contributed by atoms with van der Waals surface area (Å²) in [6.45, 7) is 18.1. The molecule has 68 heavy (non-hydrogen) atoms. The van der Waals surface area contributed by atoms with Crippen LogP contribution in [-0.2, 0) is 61.0 Å². The van der Waals surface area contributed by atoms with E-state index in [1.165, 1.54) is 33.3 Å². The van der Waals surface area contributed by atoms with E-state index in [-0.39, 0.29) is 36.0 Å². The molecule has 4 heterocycles. The summed E-state index contributed by atoms with van der Waals surface area (Å²) in [6, 6.07) is 5.78. The Morgan fingerprint density at radius 1 is 0.926 bits per heavy atom. The number of nitrogens with two attached hydrogens (primary N) is 1. The molecule has 18 atom stereocenters. The maximum absolute atomic E-state index is 14.6. The molecule has 5 rings (SSSR count). The third-order valence-corrected chi connectivity index (χ3v) is 16.4. The Morgan fingerprint density at radius 3 is 2.15 bits per heavy atom. The van der Waals surface area contributed by atoms with Crippen molar-refractivity contribution in [3.8, 4) is 0 Å². The molecular formula is C48H79N5O14S. The summed E-state index contributed by atoms with van der Waals surface area (Å²) in [7, 11) is 1.12. The predicted molar refractivity (Wildman–Crippen MR) is 249 cm³/mol. The number of rotatable bonds is 13. The summed E-state index contributed by atoms with van der Waals surface area (Å²) in [5.41, 5.74) is -2.84. The van der Waals surface area contributed by atoms with Crippen molar-refractivity contribution in [2.24, 2.45) is 34.7 Å². The number of benzene rings is 1. The number of methoxy groups -OCH3 is 2. The first-order valence-corrected chi connectivity index (χ1v) is 25.4. The lowest BCUT2D eigenvalue weighted by molar-refractivity contribution is -0.305. The van der Waals surface area contributed by atoms with Gasteiger partial charge in [-0.25, -0.2) is 18.2 Å². The highest BCUT2D eigenvalue weighted by Crippen LogP contribution is 2.46. The molecule has 386 valence electrons. The molecule has 19 nitrogen and oxygen atoms in total. The number of cyclic esters (lactones) is 1. The molecule has 0 spiro atoms. The Bertz CT molecular complexity index is 2110. The zero-order valence-corrected chi connectivity index (χ0v) is 43.0. The number of ether oxygens (including phenoxy) is 6. The molecule has 1 aromatic carbocycles. The minimum absolute atomic E-state index is 0.0185. The van der Waals surface area contributed by atoms with Crippen LogP contribution in [0.15, 0.2) is 35.4 Å². The van der Waals surface area contributed by atoms with Gasteiger partial charge in [0.05, 0.1) is 64.8 Å². The molecule has 3 saturated heterocycles. The lowest BCUT2D eigenvalue weighted by Crippen LogP contribution is -2.62. The first-order chi connectivity index (χ1) is 31.6. The van der Waals surface area contributed by atoms with Gasteiger partial charge in [-0.15, -0.1) is 5.10 Å². The second-order valence-corrected chi connectivity index (χ2v) is 22.1. The number of Topliss-reactive ketones (excluding diaryl/α,β-unsaturated/α-hetero) is 1. The molecule has 0 aliphatic carbocycles. The predicted octanol–water partition coefficient (Wildman–Crippen LogP) is 2.61. The number of nitrogens with zero attached hydrogens (tertiary/aromatic N) is 4. The maximum atomic E-state index is 14.6. The molecule has 0 bridgehead atoms. The van der Waals surface area contributed by atoms with E-state index >= 15 is 0 Å². The van der Waals surface area contributed by atoms with E-state index in [0.717, 1.165) is 5.56 Å². The molecule has 1 aromatic heterocycles. The van der Waals surface area contributed by atoms with Crippen LogP contribution in [0.2, 0.25) is 0 Å². The van der Waals surface area contributed by atoms with Crippen molar-refractivity contribution in [1.29, 1.82) is 0 Å². The molecule has 1 unspecified atom stereocenters. The van der Waals surface area contributed by atoms with Gasteiger partial charge in [-0.1, -0.05) is 52.0 Å². The Kier molecular flexibility index (Phi) is 18.3. The van der Waals surface area contributed by atoms with E-state index in [1.54, 1.807) is 58.4 Å². The second kappa shape index (κ2) is 22.2. The number of hydrogen-bond acceptors (Lipinski definition) is 17. The number of esters is 1. The van der Waals surface area contributed by atoms with Gasteiger partial charge in [-0.3, -0.25) is 9.59 Å². The average molecular weight is 982 g/mol. The fraction of sp³-hybridized carbons (Fsp3) is 0.792. The summed E-state index contributed by atoms with van der Waals surface area (Å²) < 4.78 is 63.6. The van der Waals surface area contributed by atoms with Crippen LogP contribution in [0.3, 0.4) is 0 Å². The molecule has 2 aromatic rings. The SMILES string of the molecule is CC[C@H]1OC(=O)[C@H](C)C([C@H]2C[C@@](C)(OC)[C@@H](O)[C@H](C)O2)[C@H](C)[C@@H](O[C@@H]2O[C@H](C)C[C@H](N(C)CCc3cn(Cc4ccc(S(N)(=O)=O)cc4)nn3)[C@H]2O)[C@](C)(OC)C[C@@H](C)C(=O)[C@H](C)[C@@H](O)[C@]1(C)O. The summed E-state index contributed by atoms with van der Waals surface area (Å²) in [5.74, 6) is -5.14. The number of likely N-dealkylation sites (N-methyl/N-ethyl adjacent to an activating group) is 1. The van der Waals surface area contributed by atoms with Crippen LogP contribution in [0.1, 0.15) is 106 Å². The third-order valence-electron chi connectivity index (χ3n) is 15.4. The molecule has 3 aliphatic rings. The maximum Gasteiger partial charge on any atom is 0.309 e. The number of aromatic nitrogens is 3. The first-order valence-electron chi connectivity index (χ1n) is 23.9. The molecule has 3 fully saturated rings. The topological polar surface area (TPSA) is 265 Å². The molecular weight excluding hydrogens is 903 g/mol. The zero-order valence-electron chi connectivity index (χ0n) is 42.1. The third kappa shape index (κ3) is 12.2. The zero-order chi connectivity index (χ0) is 50.8. The fourth-order valence-corrected chi connectivity index (χ4v) is 11.5. The van der Waals surface area contributed by atoms with Gasteiger partial charge >= 0.3 is 5.97 Å². The Morgan fingerprint density at radius 2 is 1.56 bits per heavy atom. The quantitative estimate of drug-likeness (QED) is 0.181. The number of carbonyl (C=O) groups is 2. The minimum Gasteiger partial charge on any atom is -0.459 e. The number of primary sulfonamides is 1. The Labute approximate surface area is 402 Å². The molecule has 0 radical (unpaired) electrons. The van der Waals surface area contributed by atoms with E-state index in [4.69, 9.17) is 33.6 Å². The van der Waals surface area contributed by atoms with Crippen molar-refractivity contribution in [1.82, 2.24) is 19.9 Å². The van der Waals surface area contributed by atoms with Gasteiger partial charge in [0.1, 0.15) is 29.7 Å². The van der Waals surface area contributed by atoms with Crippen molar-refractivity contribution in [3.05, 3.63) is 41.7 Å². The van der Waals surface area contributed by atoms with Crippen LogP contribution in [0.5, 0.6) is 0 Å². The van der Waals surface area contributed by atoms with Crippen LogP contribution < -0.4 is 5.14 Å². The van der Waals surface area contributed by atoms with Crippen molar-refractivity contribution in [3.63, 3.8) is 0 Å². The van der Waals surface area contributed by atoms with Gasteiger partial charge in [-0.2, -0.15) is 0 Å². The van der Waals surface area contributed by atoms with Gasteiger partial charge < -0.3 is 53.7 Å². The minimum atomic E-state index is -3.82. The van der Waals surface area contributed by atoms with Gasteiger partial charge in [0.15, 0.2) is 6.29 Å². The number of ketones is 1. The van der Waals surface area contributed by atoms with E-state index in [0.29, 0.717) is 31.6 Å². The number of aliphatic hydroxyl groups excluding tert-OH is 3. The summed E-state index contributed by atoms with van der Waals surface area (Å²) >= 11 is 0. The average Bonchev–Trinajstić information content (AvgIpc) is 3.74. The molecule has 0 saturated carbocycles. The van der Waals surface area contributed by atoms with Crippen LogP contribution >= 0.6 is 0 Å². The van der Waals surface area contributed by atoms with Crippen molar-refractivity contribution >= 4 is 21.8 Å². The Balaban J connectivity index is 1.48. The van der Waals surface area contributed by atoms with E-state index < -0.39 is 117 Å². The largest absolute Gasteiger partial charge is 0.459 e. The van der Waals surface area contributed by atoms with Crippen molar-refractivity contribution in [2.75, 3.05) is 27.8 Å². The van der Waals surface area contributed by atoms with Gasteiger partial charge in [-0.05, 0) is 84.5 Å². The standard InChI is InChI=1S/C48H79N5O14S/c1-14-37-48(10,59)41(56)30(6)39(54)26(2)22-47(9,63-13)43(28(4)38(29(5)44(58)66-37)36-23-46(8,62-12)42(57)31(7)65-36)67-45-40(55)35(21-27(3)64-45)52(11)20-19-33-25-53(51-50-33)24-32-15-17-34(18-16-32)68(49,60)61/h15-18,25-31,35-38,40-43,45,55-57,59H,14,19-24H2,1-13H3,(H2,49,60,61)/t26-,27-,28+,29-,30+,31+,35+,36-,37-,38?,40-,41-,42+,43-,45+,46-,47-,48-/m1/s1. The molecule has 0 amide bonds. The number of hydrogen-bond donors (Lipinski definition) is 5. The van der Waals surface area contributed by atoms with Crippen LogP contribution in [-0.4, -0.2) is 166 Å². The smallest absolute Gasteiger partial charge is 0.309 e. The highest BCUT2D eigenvalue weighted by molar-refractivity contribution is 7.89.